The molecule has 0 aliphatic heterocycles. The second-order valence-corrected chi connectivity index (χ2v) is 7.19. The van der Waals surface area contributed by atoms with Crippen molar-refractivity contribution in [3.8, 4) is 17.1 Å². The van der Waals surface area contributed by atoms with Gasteiger partial charge in [0.05, 0.1) is 24.0 Å². The van der Waals surface area contributed by atoms with E-state index in [0.717, 1.165) is 22.2 Å². The summed E-state index contributed by atoms with van der Waals surface area (Å²) in [6.07, 6.45) is 5.09. The largest absolute Gasteiger partial charge is 0.278 e. The molecule has 31 heavy (non-hydrogen) atoms. The van der Waals surface area contributed by atoms with Gasteiger partial charge in [-0.15, -0.1) is 5.10 Å². The number of H-pyrrole nitrogens is 1. The van der Waals surface area contributed by atoms with E-state index in [0.29, 0.717) is 23.4 Å². The van der Waals surface area contributed by atoms with E-state index in [1.54, 1.807) is 24.7 Å². The Morgan fingerprint density at radius 2 is 1.90 bits per heavy atom. The molecule has 6 rings (SSSR count). The normalized spacial score (nSPS) is 11.5. The van der Waals surface area contributed by atoms with Gasteiger partial charge in [0.15, 0.2) is 11.6 Å². The molecule has 150 valence electrons. The van der Waals surface area contributed by atoms with Gasteiger partial charge in [0.1, 0.15) is 11.0 Å². The minimum Gasteiger partial charge on any atom is -0.278 e. The van der Waals surface area contributed by atoms with Crippen LogP contribution in [0.1, 0.15) is 5.56 Å². The third kappa shape index (κ3) is 2.94. The number of pyridine rings is 1. The Labute approximate surface area is 175 Å². The Hall–Kier alpha value is -4.40. The number of hydrogen-bond donors (Lipinski definition) is 1. The summed E-state index contributed by atoms with van der Waals surface area (Å²) in [5, 5.41) is 20.4. The van der Waals surface area contributed by atoms with Gasteiger partial charge in [-0.05, 0) is 23.8 Å². The van der Waals surface area contributed by atoms with Crippen LogP contribution in [0.4, 0.5) is 4.39 Å². The van der Waals surface area contributed by atoms with Crippen LogP contribution < -0.4 is 0 Å². The van der Waals surface area contributed by atoms with E-state index >= 15 is 0 Å². The first kappa shape index (κ1) is 17.5. The molecule has 0 radical (unpaired) electrons. The van der Waals surface area contributed by atoms with Crippen molar-refractivity contribution in [1.29, 1.82) is 0 Å². The van der Waals surface area contributed by atoms with Crippen LogP contribution in [0.15, 0.2) is 73.2 Å². The average Bonchev–Trinajstić information content (AvgIpc) is 3.53. The zero-order chi connectivity index (χ0) is 20.8. The van der Waals surface area contributed by atoms with Crippen LogP contribution >= 0.6 is 0 Å². The highest BCUT2D eigenvalue weighted by atomic mass is 19.1. The average molecular weight is 410 g/mol. The Bertz CT molecular complexity index is 1530. The van der Waals surface area contributed by atoms with Gasteiger partial charge in [0, 0.05) is 29.4 Å². The fourth-order valence-electron chi connectivity index (χ4n) is 3.70. The van der Waals surface area contributed by atoms with Crippen LogP contribution in [0.5, 0.6) is 0 Å². The molecule has 0 saturated carbocycles. The van der Waals surface area contributed by atoms with Gasteiger partial charge in [-0.25, -0.2) is 9.37 Å². The number of halogens is 1. The van der Waals surface area contributed by atoms with Crippen molar-refractivity contribution < 1.29 is 4.39 Å². The van der Waals surface area contributed by atoms with Crippen LogP contribution in [-0.4, -0.2) is 40.0 Å². The zero-order valence-corrected chi connectivity index (χ0v) is 16.1. The van der Waals surface area contributed by atoms with Gasteiger partial charge < -0.3 is 0 Å². The standard InChI is InChI=1S/C22H15FN8/c23-17-8-15(19-6-7-26-30(19)13-14-4-2-1-3-5-14)9-20-22(17)28-29-31(20)21-10-18-16(11-24-21)12-25-27-18/h1-12H,13H2,(H,25,27). The molecule has 0 amide bonds. The van der Waals surface area contributed by atoms with Gasteiger partial charge >= 0.3 is 0 Å². The lowest BCUT2D eigenvalue weighted by molar-refractivity contribution is 0.635. The van der Waals surface area contributed by atoms with Gasteiger partial charge in [0.25, 0.3) is 0 Å². The van der Waals surface area contributed by atoms with Crippen molar-refractivity contribution in [3.05, 3.63) is 84.6 Å². The van der Waals surface area contributed by atoms with Crippen LogP contribution in [0.2, 0.25) is 0 Å². The maximum atomic E-state index is 14.9. The third-order valence-electron chi connectivity index (χ3n) is 5.22. The van der Waals surface area contributed by atoms with Crippen molar-refractivity contribution in [2.24, 2.45) is 0 Å². The molecule has 0 bridgehead atoms. The van der Waals surface area contributed by atoms with E-state index in [2.05, 4.69) is 30.6 Å². The summed E-state index contributed by atoms with van der Waals surface area (Å²) >= 11 is 0. The SMILES string of the molecule is Fc1cc(-c2ccnn2Cc2ccccc2)cc2c1nnn2-c1cc2[nH]ncc2cn1. The molecule has 2 aromatic carbocycles. The molecule has 9 heteroatoms. The Balaban J connectivity index is 1.47. The minimum absolute atomic E-state index is 0.185. The molecule has 8 nitrogen and oxygen atoms in total. The quantitative estimate of drug-likeness (QED) is 0.478. The highest BCUT2D eigenvalue weighted by Crippen LogP contribution is 2.28. The van der Waals surface area contributed by atoms with Crippen molar-refractivity contribution in [2.45, 2.75) is 6.54 Å². The molecular weight excluding hydrogens is 395 g/mol. The summed E-state index contributed by atoms with van der Waals surface area (Å²) in [7, 11) is 0. The smallest absolute Gasteiger partial charge is 0.157 e. The number of aromatic nitrogens is 8. The molecular formula is C22H15FN8. The van der Waals surface area contributed by atoms with Crippen LogP contribution in [0.25, 0.3) is 39.0 Å². The maximum Gasteiger partial charge on any atom is 0.157 e. The van der Waals surface area contributed by atoms with E-state index in [9.17, 15) is 4.39 Å². The molecule has 0 unspecified atom stereocenters. The summed E-state index contributed by atoms with van der Waals surface area (Å²) in [4.78, 5) is 4.43. The summed E-state index contributed by atoms with van der Waals surface area (Å²) in [5.41, 5.74) is 4.11. The molecule has 6 aromatic rings. The van der Waals surface area contributed by atoms with Crippen molar-refractivity contribution in [2.75, 3.05) is 0 Å². The lowest BCUT2D eigenvalue weighted by atomic mass is 10.1. The molecule has 1 N–H and O–H groups in total. The molecule has 0 spiro atoms. The number of nitrogens with zero attached hydrogens (tertiary/aromatic N) is 7. The fraction of sp³-hybridized carbons (Fsp3) is 0.0455. The molecule has 0 atom stereocenters. The predicted molar refractivity (Wildman–Crippen MR) is 113 cm³/mol. The van der Waals surface area contributed by atoms with E-state index in [-0.39, 0.29) is 5.52 Å². The van der Waals surface area contributed by atoms with E-state index in [1.165, 1.54) is 10.7 Å². The minimum atomic E-state index is -0.450. The summed E-state index contributed by atoms with van der Waals surface area (Å²) in [5.74, 6) is 0.0717. The van der Waals surface area contributed by atoms with Gasteiger partial charge in [0.2, 0.25) is 0 Å². The van der Waals surface area contributed by atoms with Crippen LogP contribution in [0.3, 0.4) is 0 Å². The fourth-order valence-corrected chi connectivity index (χ4v) is 3.70. The maximum absolute atomic E-state index is 14.9. The Kier molecular flexibility index (Phi) is 3.85. The van der Waals surface area contributed by atoms with Crippen molar-refractivity contribution >= 4 is 21.9 Å². The number of benzene rings is 2. The van der Waals surface area contributed by atoms with Crippen LogP contribution in [0, 0.1) is 5.82 Å². The highest BCUT2D eigenvalue weighted by molar-refractivity contribution is 5.84. The number of nitrogens with one attached hydrogen (secondary N) is 1. The van der Waals surface area contributed by atoms with Gasteiger partial charge in [-0.2, -0.15) is 14.9 Å². The number of rotatable bonds is 4. The van der Waals surface area contributed by atoms with E-state index in [4.69, 9.17) is 0 Å². The molecule has 0 aliphatic rings. The zero-order valence-electron chi connectivity index (χ0n) is 16.1. The Morgan fingerprint density at radius 1 is 1.00 bits per heavy atom. The monoisotopic (exact) mass is 410 g/mol. The highest BCUT2D eigenvalue weighted by Gasteiger charge is 2.16. The van der Waals surface area contributed by atoms with Gasteiger partial charge in [-0.3, -0.25) is 9.78 Å². The summed E-state index contributed by atoms with van der Waals surface area (Å²) in [6, 6.07) is 17.0. The second kappa shape index (κ2) is 6.84. The van der Waals surface area contributed by atoms with Gasteiger partial charge in [-0.1, -0.05) is 35.5 Å². The van der Waals surface area contributed by atoms with Crippen molar-refractivity contribution in [1.82, 2.24) is 40.0 Å². The Morgan fingerprint density at radius 3 is 2.81 bits per heavy atom. The van der Waals surface area contributed by atoms with E-state index < -0.39 is 5.82 Å². The molecule has 0 fully saturated rings. The molecule has 4 aromatic heterocycles. The summed E-state index contributed by atoms with van der Waals surface area (Å²) in [6.45, 7) is 0.582. The topological polar surface area (TPSA) is 90.1 Å². The lowest BCUT2D eigenvalue weighted by Gasteiger charge is -2.09. The molecule has 0 saturated heterocycles. The molecule has 0 aliphatic carbocycles. The number of fused-ring (bicyclic) bond motifs is 2. The third-order valence-corrected chi connectivity index (χ3v) is 5.22. The number of hydrogen-bond acceptors (Lipinski definition) is 5. The lowest BCUT2D eigenvalue weighted by Crippen LogP contribution is -2.04. The second-order valence-electron chi connectivity index (χ2n) is 7.19. The first-order valence-corrected chi connectivity index (χ1v) is 9.67. The van der Waals surface area contributed by atoms with Crippen LogP contribution in [-0.2, 0) is 6.54 Å². The summed E-state index contributed by atoms with van der Waals surface area (Å²) < 4.78 is 18.3. The first-order chi connectivity index (χ1) is 15.3. The van der Waals surface area contributed by atoms with Crippen molar-refractivity contribution in [3.63, 3.8) is 0 Å². The van der Waals surface area contributed by atoms with E-state index in [1.807, 2.05) is 47.1 Å². The molecule has 4 heterocycles. The first-order valence-electron chi connectivity index (χ1n) is 9.67. The number of aromatic amines is 1. The predicted octanol–water partition coefficient (Wildman–Crippen LogP) is 3.74.